The lowest BCUT2D eigenvalue weighted by molar-refractivity contribution is -0.167. The third-order valence-corrected chi connectivity index (χ3v) is 14.7. The quantitative estimate of drug-likeness (QED) is 0.0261. The minimum atomic E-state index is -0.787. The molecule has 0 radical (unpaired) electrons. The van der Waals surface area contributed by atoms with Crippen LogP contribution in [-0.4, -0.2) is 37.2 Å². The molecule has 0 heterocycles. The minimum Gasteiger partial charge on any atom is -0.462 e. The van der Waals surface area contributed by atoms with E-state index in [1.54, 1.807) is 0 Å². The van der Waals surface area contributed by atoms with E-state index in [-0.39, 0.29) is 31.1 Å². The molecule has 0 rings (SSSR count). The topological polar surface area (TPSA) is 78.9 Å². The number of carbonyl (C=O) groups is 3. The maximum atomic E-state index is 12.9. The number of rotatable bonds is 62. The van der Waals surface area contributed by atoms with Gasteiger partial charge < -0.3 is 14.2 Å². The summed E-state index contributed by atoms with van der Waals surface area (Å²) in [6, 6.07) is 0. The molecule has 0 saturated heterocycles. The second-order valence-corrected chi connectivity index (χ2v) is 22.7. The van der Waals surface area contributed by atoms with Crippen molar-refractivity contribution < 1.29 is 28.6 Å². The summed E-state index contributed by atoms with van der Waals surface area (Å²) in [5, 5.41) is 0. The number of ether oxygens (including phenoxy) is 3. The van der Waals surface area contributed by atoms with Gasteiger partial charge in [-0.2, -0.15) is 0 Å². The van der Waals surface area contributed by atoms with E-state index >= 15 is 0 Å². The largest absolute Gasteiger partial charge is 0.462 e. The van der Waals surface area contributed by atoms with Crippen LogP contribution in [-0.2, 0) is 28.6 Å². The summed E-state index contributed by atoms with van der Waals surface area (Å²) in [6.45, 7) is 6.43. The van der Waals surface area contributed by atoms with Gasteiger partial charge in [-0.15, -0.1) is 0 Å². The lowest BCUT2D eigenvalue weighted by atomic mass is 10.0. The van der Waals surface area contributed by atoms with Gasteiger partial charge in [0.15, 0.2) is 6.10 Å². The van der Waals surface area contributed by atoms with E-state index in [0.717, 1.165) is 128 Å². The molecule has 468 valence electrons. The molecule has 0 fully saturated rings. The van der Waals surface area contributed by atoms with E-state index in [9.17, 15) is 14.4 Å². The molecule has 0 spiro atoms. The predicted molar refractivity (Wildman–Crippen MR) is 357 cm³/mol. The fourth-order valence-electron chi connectivity index (χ4n) is 9.62. The molecule has 0 saturated carbocycles. The molecule has 1 unspecified atom stereocenters. The van der Waals surface area contributed by atoms with Crippen molar-refractivity contribution in [3.63, 3.8) is 0 Å². The second-order valence-electron chi connectivity index (χ2n) is 22.7. The molecule has 0 aromatic heterocycles. The molecule has 0 aliphatic rings. The van der Waals surface area contributed by atoms with E-state index in [0.29, 0.717) is 19.3 Å². The van der Waals surface area contributed by atoms with Gasteiger partial charge in [0.2, 0.25) is 0 Å². The number of hydrogen-bond acceptors (Lipinski definition) is 6. The molecular weight excluding hydrogens is 1010 g/mol. The van der Waals surface area contributed by atoms with E-state index in [2.05, 4.69) is 142 Å². The SMILES string of the molecule is CC/C=C\C/C=C\C/C=C\C/C=C\C/C=C\CCCCCCCCCCCCCCCC(=O)OCC(COC(=O)CCCCCCCCCCCCCC)OC(=O)CCCCCCCCC/C=C\C/C=C\C/C=C\C/C=C\C/C=C\CC. The van der Waals surface area contributed by atoms with Crippen molar-refractivity contribution in [3.05, 3.63) is 122 Å². The van der Waals surface area contributed by atoms with Crippen LogP contribution in [0.3, 0.4) is 0 Å². The van der Waals surface area contributed by atoms with Crippen LogP contribution in [0.1, 0.15) is 323 Å². The van der Waals surface area contributed by atoms with Crippen molar-refractivity contribution in [2.45, 2.75) is 329 Å². The van der Waals surface area contributed by atoms with Crippen LogP contribution in [0, 0.1) is 0 Å². The fourth-order valence-corrected chi connectivity index (χ4v) is 9.62. The summed E-state index contributed by atoms with van der Waals surface area (Å²) in [5.41, 5.74) is 0. The Kier molecular flexibility index (Phi) is 65.8. The Morgan fingerprint density at radius 3 is 0.744 bits per heavy atom. The van der Waals surface area contributed by atoms with Gasteiger partial charge in [-0.05, 0) is 109 Å². The maximum absolute atomic E-state index is 12.9. The monoisotopic (exact) mass is 1140 g/mol. The highest BCUT2D eigenvalue weighted by atomic mass is 16.6. The molecular formula is C76H128O6. The molecule has 0 N–H and O–H groups in total. The van der Waals surface area contributed by atoms with E-state index in [4.69, 9.17) is 14.2 Å². The van der Waals surface area contributed by atoms with Crippen molar-refractivity contribution in [3.8, 4) is 0 Å². The van der Waals surface area contributed by atoms with Crippen LogP contribution >= 0.6 is 0 Å². The highest BCUT2D eigenvalue weighted by Crippen LogP contribution is 2.17. The van der Waals surface area contributed by atoms with Gasteiger partial charge in [-0.3, -0.25) is 14.4 Å². The Balaban J connectivity index is 4.28. The number of allylic oxidation sites excluding steroid dienone is 20. The summed E-state index contributed by atoms with van der Waals surface area (Å²) in [4.78, 5) is 38.4. The Hall–Kier alpha value is -4.19. The van der Waals surface area contributed by atoms with Gasteiger partial charge >= 0.3 is 17.9 Å². The van der Waals surface area contributed by atoms with Crippen LogP contribution < -0.4 is 0 Å². The van der Waals surface area contributed by atoms with Crippen molar-refractivity contribution in [1.29, 1.82) is 0 Å². The standard InChI is InChI=1S/C76H128O6/c1-4-7-10-13-16-19-22-25-27-29-31-33-35-36-37-38-39-40-42-43-45-47-49-51-54-57-60-63-66-69-75(78)81-72-73(71-80-74(77)68-65-62-59-56-53-24-21-18-15-12-9-6-3)82-76(79)70-67-64-61-58-55-52-50-48-46-44-41-34-32-30-28-26-23-20-17-14-11-8-5-2/h7-8,10-11,16-17,19-20,25-28,31-34,36-37,44,46,73H,4-6,9,12-15,18,21-24,29-30,35,38-43,45,47-72H2,1-3H3/b10-7-,11-8-,19-16-,20-17-,27-25-,28-26-,33-31-,34-32-,37-36-,46-44-. The van der Waals surface area contributed by atoms with Crippen molar-refractivity contribution in [1.82, 2.24) is 0 Å². The zero-order chi connectivity index (χ0) is 59.2. The first-order valence-corrected chi connectivity index (χ1v) is 34.5. The minimum absolute atomic E-state index is 0.0812. The maximum Gasteiger partial charge on any atom is 0.306 e. The van der Waals surface area contributed by atoms with Crippen molar-refractivity contribution >= 4 is 17.9 Å². The number of hydrogen-bond donors (Lipinski definition) is 0. The first-order valence-electron chi connectivity index (χ1n) is 34.5. The summed E-state index contributed by atoms with van der Waals surface area (Å²) >= 11 is 0. The van der Waals surface area contributed by atoms with Crippen LogP contribution in [0.2, 0.25) is 0 Å². The molecule has 0 amide bonds. The summed E-state index contributed by atoms with van der Waals surface area (Å²) < 4.78 is 17.0. The van der Waals surface area contributed by atoms with E-state index < -0.39 is 6.10 Å². The molecule has 6 nitrogen and oxygen atoms in total. The van der Waals surface area contributed by atoms with Crippen molar-refractivity contribution in [2.75, 3.05) is 13.2 Å². The normalized spacial score (nSPS) is 12.9. The Morgan fingerprint density at radius 1 is 0.256 bits per heavy atom. The van der Waals surface area contributed by atoms with Crippen LogP contribution in [0.5, 0.6) is 0 Å². The van der Waals surface area contributed by atoms with Gasteiger partial charge in [-0.25, -0.2) is 0 Å². The molecule has 0 bridgehead atoms. The second kappa shape index (κ2) is 69.3. The summed E-state index contributed by atoms with van der Waals surface area (Å²) in [6.07, 6.45) is 96.4. The third-order valence-electron chi connectivity index (χ3n) is 14.7. The van der Waals surface area contributed by atoms with Crippen LogP contribution in [0.15, 0.2) is 122 Å². The Morgan fingerprint density at radius 2 is 0.476 bits per heavy atom. The lowest BCUT2D eigenvalue weighted by Crippen LogP contribution is -2.30. The zero-order valence-electron chi connectivity index (χ0n) is 53.7. The van der Waals surface area contributed by atoms with Crippen LogP contribution in [0.4, 0.5) is 0 Å². The Bertz CT molecular complexity index is 1690. The summed E-state index contributed by atoms with van der Waals surface area (Å²) in [7, 11) is 0. The fraction of sp³-hybridized carbons (Fsp3) is 0.697. The van der Waals surface area contributed by atoms with E-state index in [1.807, 2.05) is 0 Å². The number of esters is 3. The molecule has 0 aromatic rings. The van der Waals surface area contributed by atoms with Gasteiger partial charge in [0.1, 0.15) is 13.2 Å². The van der Waals surface area contributed by atoms with Gasteiger partial charge in [-0.1, -0.05) is 316 Å². The Labute approximate surface area is 507 Å². The average Bonchev–Trinajstić information content (AvgIpc) is 3.47. The molecule has 1 atom stereocenters. The molecule has 82 heavy (non-hydrogen) atoms. The van der Waals surface area contributed by atoms with Gasteiger partial charge in [0.05, 0.1) is 0 Å². The van der Waals surface area contributed by atoms with Crippen molar-refractivity contribution in [2.24, 2.45) is 0 Å². The number of unbranched alkanes of at least 4 members (excludes halogenated alkanes) is 31. The zero-order valence-corrected chi connectivity index (χ0v) is 53.7. The molecule has 0 aromatic carbocycles. The lowest BCUT2D eigenvalue weighted by Gasteiger charge is -2.18. The summed E-state index contributed by atoms with van der Waals surface area (Å²) in [5.74, 6) is -0.883. The van der Waals surface area contributed by atoms with E-state index in [1.165, 1.54) is 154 Å². The first kappa shape index (κ1) is 77.8. The van der Waals surface area contributed by atoms with Gasteiger partial charge in [0.25, 0.3) is 0 Å². The molecule has 0 aliphatic heterocycles. The number of carbonyl (C=O) groups excluding carboxylic acids is 3. The van der Waals surface area contributed by atoms with Gasteiger partial charge in [0, 0.05) is 19.3 Å². The average molecular weight is 1140 g/mol. The predicted octanol–water partition coefficient (Wildman–Crippen LogP) is 23.9. The molecule has 0 aliphatic carbocycles. The third kappa shape index (κ3) is 66.6. The van der Waals surface area contributed by atoms with Crippen LogP contribution in [0.25, 0.3) is 0 Å². The highest BCUT2D eigenvalue weighted by Gasteiger charge is 2.19. The first-order chi connectivity index (χ1) is 40.5. The highest BCUT2D eigenvalue weighted by molar-refractivity contribution is 5.71. The smallest absolute Gasteiger partial charge is 0.306 e. The molecule has 6 heteroatoms.